The lowest BCUT2D eigenvalue weighted by Gasteiger charge is -2.08. The minimum atomic E-state index is -1.03. The van der Waals surface area contributed by atoms with Crippen LogP contribution in [0.3, 0.4) is 0 Å². The van der Waals surface area contributed by atoms with Gasteiger partial charge in [-0.2, -0.15) is 0 Å². The lowest BCUT2D eigenvalue weighted by Crippen LogP contribution is -2.37. The maximum absolute atomic E-state index is 11.8. The van der Waals surface area contributed by atoms with Crippen LogP contribution in [-0.4, -0.2) is 25.2 Å². The van der Waals surface area contributed by atoms with Crippen LogP contribution in [-0.2, 0) is 19.8 Å². The summed E-state index contributed by atoms with van der Waals surface area (Å²) in [6, 6.07) is 4.45. The molecule has 0 aromatic carbocycles. The Morgan fingerprint density at radius 1 is 1.29 bits per heavy atom. The fraction of sp³-hybridized carbons (Fsp3) is 0.231. The molecule has 0 aliphatic carbocycles. The first-order chi connectivity index (χ1) is 9.90. The van der Waals surface area contributed by atoms with Gasteiger partial charge < -0.3 is 5.11 Å². The van der Waals surface area contributed by atoms with Gasteiger partial charge >= 0.3 is 11.7 Å². The number of aromatic nitrogens is 3. The number of hydrogen-bond acceptors (Lipinski definition) is 5. The molecule has 0 aliphatic heterocycles. The quantitative estimate of drug-likeness (QED) is 0.825. The van der Waals surface area contributed by atoms with Crippen LogP contribution >= 0.6 is 11.8 Å². The summed E-state index contributed by atoms with van der Waals surface area (Å²) in [5, 5.41) is 9.40. The number of hydrogen-bond donors (Lipinski definition) is 1. The van der Waals surface area contributed by atoms with Gasteiger partial charge in [-0.25, -0.2) is 14.6 Å². The van der Waals surface area contributed by atoms with Gasteiger partial charge in [0.05, 0.1) is 10.6 Å². The van der Waals surface area contributed by atoms with E-state index in [1.807, 2.05) is 0 Å². The standard InChI is InChI=1S/C13H13N3O4S/c1-15-9(5-11(17)16(2)13(15)20)7-21-10-4-3-8(6-14-10)12(18)19/h3-6H,7H2,1-2H3,(H,18,19). The van der Waals surface area contributed by atoms with Crippen LogP contribution in [0.5, 0.6) is 0 Å². The van der Waals surface area contributed by atoms with Crippen LogP contribution in [0, 0.1) is 0 Å². The Morgan fingerprint density at radius 3 is 2.57 bits per heavy atom. The summed E-state index contributed by atoms with van der Waals surface area (Å²) in [4.78, 5) is 38.1. The predicted octanol–water partition coefficient (Wildman–Crippen LogP) is 0.470. The zero-order valence-corrected chi connectivity index (χ0v) is 12.3. The van der Waals surface area contributed by atoms with Gasteiger partial charge in [-0.15, -0.1) is 11.8 Å². The lowest BCUT2D eigenvalue weighted by atomic mass is 10.3. The van der Waals surface area contributed by atoms with Crippen molar-refractivity contribution in [3.63, 3.8) is 0 Å². The highest BCUT2D eigenvalue weighted by molar-refractivity contribution is 7.98. The molecule has 2 aromatic rings. The van der Waals surface area contributed by atoms with Crippen molar-refractivity contribution >= 4 is 17.7 Å². The van der Waals surface area contributed by atoms with E-state index in [9.17, 15) is 14.4 Å². The molecule has 110 valence electrons. The Kier molecular flexibility index (Phi) is 4.27. The Hall–Kier alpha value is -2.35. The molecule has 0 saturated heterocycles. The smallest absolute Gasteiger partial charge is 0.337 e. The highest BCUT2D eigenvalue weighted by Crippen LogP contribution is 2.19. The summed E-state index contributed by atoms with van der Waals surface area (Å²) in [6.07, 6.45) is 1.27. The summed E-state index contributed by atoms with van der Waals surface area (Å²) in [5.41, 5.74) is -0.0484. The Labute approximate surface area is 123 Å². The van der Waals surface area contributed by atoms with Crippen LogP contribution in [0.25, 0.3) is 0 Å². The van der Waals surface area contributed by atoms with Crippen LogP contribution in [0.2, 0.25) is 0 Å². The molecule has 2 heterocycles. The van der Waals surface area contributed by atoms with E-state index in [-0.39, 0.29) is 16.8 Å². The molecule has 0 saturated carbocycles. The number of carboxylic acid groups (broad SMARTS) is 1. The number of carboxylic acids is 1. The fourth-order valence-electron chi connectivity index (χ4n) is 1.66. The van der Waals surface area contributed by atoms with Gasteiger partial charge in [0.2, 0.25) is 0 Å². The van der Waals surface area contributed by atoms with E-state index >= 15 is 0 Å². The second-order valence-corrected chi connectivity index (χ2v) is 5.35. The minimum Gasteiger partial charge on any atom is -0.478 e. The molecule has 0 radical (unpaired) electrons. The maximum atomic E-state index is 11.8. The van der Waals surface area contributed by atoms with E-state index in [2.05, 4.69) is 4.98 Å². The molecule has 0 fully saturated rings. The van der Waals surface area contributed by atoms with Crippen molar-refractivity contribution in [2.75, 3.05) is 0 Å². The summed E-state index contributed by atoms with van der Waals surface area (Å²) in [6.45, 7) is 0. The summed E-state index contributed by atoms with van der Waals surface area (Å²) in [7, 11) is 3.02. The van der Waals surface area contributed by atoms with Crippen molar-refractivity contribution in [1.29, 1.82) is 0 Å². The van der Waals surface area contributed by atoms with Gasteiger partial charge in [0, 0.05) is 37.8 Å². The summed E-state index contributed by atoms with van der Waals surface area (Å²) < 4.78 is 2.44. The molecule has 2 rings (SSSR count). The molecular weight excluding hydrogens is 294 g/mol. The average molecular weight is 307 g/mol. The van der Waals surface area contributed by atoms with Crippen molar-refractivity contribution in [3.8, 4) is 0 Å². The Bertz CT molecular complexity index is 793. The molecule has 0 aliphatic rings. The Balaban J connectivity index is 2.19. The predicted molar refractivity (Wildman–Crippen MR) is 77.7 cm³/mol. The van der Waals surface area contributed by atoms with Crippen molar-refractivity contribution in [2.24, 2.45) is 14.1 Å². The first kappa shape index (κ1) is 15.0. The molecule has 8 heteroatoms. The van der Waals surface area contributed by atoms with E-state index in [1.54, 1.807) is 13.1 Å². The zero-order valence-electron chi connectivity index (χ0n) is 11.4. The minimum absolute atomic E-state index is 0.111. The fourth-order valence-corrected chi connectivity index (χ4v) is 2.52. The largest absolute Gasteiger partial charge is 0.478 e. The maximum Gasteiger partial charge on any atom is 0.337 e. The first-order valence-corrected chi connectivity index (χ1v) is 6.97. The van der Waals surface area contributed by atoms with Gasteiger partial charge in [-0.05, 0) is 12.1 Å². The summed E-state index contributed by atoms with van der Waals surface area (Å²) in [5.74, 6) is -0.644. The van der Waals surface area contributed by atoms with Crippen molar-refractivity contribution in [1.82, 2.24) is 14.1 Å². The number of nitrogens with zero attached hydrogens (tertiary/aromatic N) is 3. The second kappa shape index (κ2) is 5.96. The number of pyridine rings is 1. The zero-order chi connectivity index (χ0) is 15.6. The SMILES string of the molecule is Cn1c(CSc2ccc(C(=O)O)cn2)cc(=O)n(C)c1=O. The molecule has 0 atom stereocenters. The van der Waals surface area contributed by atoms with Crippen molar-refractivity contribution < 1.29 is 9.90 Å². The third-order valence-electron chi connectivity index (χ3n) is 2.98. The molecule has 0 amide bonds. The third-order valence-corrected chi connectivity index (χ3v) is 3.95. The van der Waals surface area contributed by atoms with Gasteiger partial charge in [0.25, 0.3) is 5.56 Å². The molecule has 21 heavy (non-hydrogen) atoms. The number of aromatic carboxylic acids is 1. The van der Waals surface area contributed by atoms with Gasteiger partial charge in [-0.1, -0.05) is 0 Å². The molecule has 0 bridgehead atoms. The van der Waals surface area contributed by atoms with Crippen molar-refractivity contribution in [3.05, 3.63) is 56.5 Å². The summed E-state index contributed by atoms with van der Waals surface area (Å²) >= 11 is 1.32. The van der Waals surface area contributed by atoms with Crippen LogP contribution in [0.1, 0.15) is 16.1 Å². The molecule has 0 spiro atoms. The second-order valence-electron chi connectivity index (χ2n) is 4.35. The third kappa shape index (κ3) is 3.22. The van der Waals surface area contributed by atoms with E-state index in [1.165, 1.54) is 41.7 Å². The topological polar surface area (TPSA) is 94.2 Å². The van der Waals surface area contributed by atoms with Gasteiger partial charge in [-0.3, -0.25) is 13.9 Å². The normalized spacial score (nSPS) is 10.6. The van der Waals surface area contributed by atoms with Gasteiger partial charge in [0.1, 0.15) is 0 Å². The average Bonchev–Trinajstić information content (AvgIpc) is 2.48. The van der Waals surface area contributed by atoms with E-state index in [0.29, 0.717) is 16.5 Å². The monoisotopic (exact) mass is 307 g/mol. The Morgan fingerprint density at radius 2 is 2.00 bits per heavy atom. The number of carbonyl (C=O) groups is 1. The molecule has 7 nitrogen and oxygen atoms in total. The van der Waals surface area contributed by atoms with E-state index < -0.39 is 5.97 Å². The highest BCUT2D eigenvalue weighted by Gasteiger charge is 2.08. The highest BCUT2D eigenvalue weighted by atomic mass is 32.2. The van der Waals surface area contributed by atoms with Gasteiger partial charge in [0.15, 0.2) is 0 Å². The van der Waals surface area contributed by atoms with Crippen LogP contribution in [0.15, 0.2) is 39.0 Å². The molecule has 1 N–H and O–H groups in total. The molecular formula is C13H13N3O4S. The first-order valence-electron chi connectivity index (χ1n) is 5.98. The molecule has 0 unspecified atom stereocenters. The van der Waals surface area contributed by atoms with E-state index in [4.69, 9.17) is 5.11 Å². The van der Waals surface area contributed by atoms with Crippen molar-refractivity contribution in [2.45, 2.75) is 10.8 Å². The van der Waals surface area contributed by atoms with Crippen LogP contribution < -0.4 is 11.2 Å². The lowest BCUT2D eigenvalue weighted by molar-refractivity contribution is 0.0696. The van der Waals surface area contributed by atoms with Crippen LogP contribution in [0.4, 0.5) is 0 Å². The number of rotatable bonds is 4. The molecule has 2 aromatic heterocycles. The number of thioether (sulfide) groups is 1. The van der Waals surface area contributed by atoms with E-state index in [0.717, 1.165) is 4.57 Å².